The molecule has 22 heavy (non-hydrogen) atoms. The van der Waals surface area contributed by atoms with Crippen LogP contribution in [0.3, 0.4) is 0 Å². The van der Waals surface area contributed by atoms with Crippen molar-refractivity contribution in [3.8, 4) is 0 Å². The van der Waals surface area contributed by atoms with Gasteiger partial charge >= 0.3 is 41.5 Å². The van der Waals surface area contributed by atoms with E-state index in [-0.39, 0.29) is 37.4 Å². The van der Waals surface area contributed by atoms with Gasteiger partial charge in [-0.15, -0.1) is 0 Å². The number of rotatable bonds is 14. The number of carbonyl (C=O) groups is 2. The Hall–Kier alpha value is -0.100. The molecule has 0 bridgehead atoms. The Balaban J connectivity index is -0.00000200. The van der Waals surface area contributed by atoms with Crippen LogP contribution in [0.15, 0.2) is 0 Å². The van der Waals surface area contributed by atoms with Crippen molar-refractivity contribution in [2.75, 3.05) is 6.61 Å². The standard InChI is InChI=1S/C16H31NO4.Na.H/c1-2-3-4-5-6-7-8-9-10-11-12-21-16(20)14(17)13-15(18)19;;/h14H,2-13,17H2,1H3,(H,18,19);;/q;+1;-1/t14-;;/m0../s1. The van der Waals surface area contributed by atoms with Crippen LogP contribution in [-0.4, -0.2) is 29.7 Å². The fraction of sp³-hybridized carbons (Fsp3) is 0.875. The summed E-state index contributed by atoms with van der Waals surface area (Å²) in [6, 6.07) is -1.05. The molecule has 126 valence electrons. The number of hydrogen-bond acceptors (Lipinski definition) is 4. The number of carboxylic acids is 1. The molecule has 0 amide bonds. The van der Waals surface area contributed by atoms with Crippen LogP contribution in [0, 0.1) is 0 Å². The van der Waals surface area contributed by atoms with Crippen molar-refractivity contribution in [1.29, 1.82) is 0 Å². The van der Waals surface area contributed by atoms with Gasteiger partial charge in [0.05, 0.1) is 13.0 Å². The average Bonchev–Trinajstić information content (AvgIpc) is 2.43. The molecule has 0 rings (SSSR count). The van der Waals surface area contributed by atoms with Gasteiger partial charge in [-0.1, -0.05) is 64.7 Å². The molecule has 3 N–H and O–H groups in total. The summed E-state index contributed by atoms with van der Waals surface area (Å²) in [4.78, 5) is 21.7. The molecule has 0 aromatic heterocycles. The van der Waals surface area contributed by atoms with E-state index in [2.05, 4.69) is 6.92 Å². The topological polar surface area (TPSA) is 89.6 Å². The molecule has 1 atom stereocenters. The fourth-order valence-corrected chi connectivity index (χ4v) is 2.14. The SMILES string of the molecule is CCCCCCCCCCCCOC(=O)[C@@H](N)CC(=O)O.[H-].[Na+]. The van der Waals surface area contributed by atoms with E-state index in [4.69, 9.17) is 15.6 Å². The molecule has 0 aromatic carbocycles. The first-order valence-corrected chi connectivity index (χ1v) is 8.22. The Bertz CT molecular complexity index is 293. The minimum absolute atomic E-state index is 0. The molecule has 0 unspecified atom stereocenters. The predicted octanol–water partition coefficient (Wildman–Crippen LogP) is 0.369. The zero-order chi connectivity index (χ0) is 15.9. The van der Waals surface area contributed by atoms with Crippen molar-refractivity contribution in [1.82, 2.24) is 0 Å². The third kappa shape index (κ3) is 16.3. The van der Waals surface area contributed by atoms with E-state index in [9.17, 15) is 9.59 Å². The van der Waals surface area contributed by atoms with Crippen LogP contribution < -0.4 is 35.3 Å². The van der Waals surface area contributed by atoms with Crippen molar-refractivity contribution in [3.05, 3.63) is 0 Å². The van der Waals surface area contributed by atoms with Gasteiger partial charge in [-0.3, -0.25) is 9.59 Å². The van der Waals surface area contributed by atoms with E-state index in [1.165, 1.54) is 44.9 Å². The third-order valence-corrected chi connectivity index (χ3v) is 3.44. The number of hydrogen-bond donors (Lipinski definition) is 2. The van der Waals surface area contributed by atoms with Gasteiger partial charge in [0.1, 0.15) is 6.04 Å². The van der Waals surface area contributed by atoms with Gasteiger partial charge in [-0.2, -0.15) is 0 Å². The van der Waals surface area contributed by atoms with Crippen molar-refractivity contribution >= 4 is 11.9 Å². The summed E-state index contributed by atoms with van der Waals surface area (Å²) >= 11 is 0. The van der Waals surface area contributed by atoms with Gasteiger partial charge in [0.25, 0.3) is 0 Å². The maximum atomic E-state index is 11.3. The second kappa shape index (κ2) is 17.3. The van der Waals surface area contributed by atoms with Crippen LogP contribution in [0.5, 0.6) is 0 Å². The molecule has 0 saturated heterocycles. The smallest absolute Gasteiger partial charge is 1.00 e. The first-order chi connectivity index (χ1) is 10.1. The zero-order valence-electron chi connectivity index (χ0n) is 15.3. The summed E-state index contributed by atoms with van der Waals surface area (Å²) < 4.78 is 4.95. The fourth-order valence-electron chi connectivity index (χ4n) is 2.14. The molecule has 6 heteroatoms. The van der Waals surface area contributed by atoms with Gasteiger partial charge in [0.15, 0.2) is 0 Å². The van der Waals surface area contributed by atoms with E-state index < -0.39 is 18.0 Å². The van der Waals surface area contributed by atoms with Crippen molar-refractivity contribution in [3.63, 3.8) is 0 Å². The third-order valence-electron chi connectivity index (χ3n) is 3.44. The van der Waals surface area contributed by atoms with Crippen LogP contribution >= 0.6 is 0 Å². The van der Waals surface area contributed by atoms with Crippen LogP contribution in [0.25, 0.3) is 0 Å². The van der Waals surface area contributed by atoms with Crippen LogP contribution in [0.2, 0.25) is 0 Å². The van der Waals surface area contributed by atoms with E-state index in [1.54, 1.807) is 0 Å². The number of esters is 1. The maximum Gasteiger partial charge on any atom is 1.00 e. The van der Waals surface area contributed by atoms with Crippen LogP contribution in [0.4, 0.5) is 0 Å². The molecule has 5 nitrogen and oxygen atoms in total. The maximum absolute atomic E-state index is 11.3. The Kier molecular flexibility index (Phi) is 18.9. The molecule has 0 aliphatic heterocycles. The first kappa shape index (κ1) is 24.2. The van der Waals surface area contributed by atoms with Gasteiger partial charge in [-0.05, 0) is 6.42 Å². The average molecular weight is 325 g/mol. The van der Waals surface area contributed by atoms with Crippen molar-refractivity contribution in [2.45, 2.75) is 83.6 Å². The summed E-state index contributed by atoms with van der Waals surface area (Å²) in [5, 5.41) is 8.51. The quantitative estimate of drug-likeness (QED) is 0.274. The van der Waals surface area contributed by atoms with Gasteiger partial charge in [0.2, 0.25) is 0 Å². The van der Waals surface area contributed by atoms with E-state index >= 15 is 0 Å². The second-order valence-electron chi connectivity index (χ2n) is 5.55. The predicted molar refractivity (Wildman–Crippen MR) is 84.1 cm³/mol. The minimum Gasteiger partial charge on any atom is -1.00 e. The van der Waals surface area contributed by atoms with Gasteiger partial charge in [-0.25, -0.2) is 0 Å². The number of ether oxygens (including phenoxy) is 1. The summed E-state index contributed by atoms with van der Waals surface area (Å²) in [6.45, 7) is 2.56. The van der Waals surface area contributed by atoms with Crippen molar-refractivity contribution < 1.29 is 50.4 Å². The molecular formula is C16H32NNaO4. The molecule has 0 heterocycles. The second-order valence-corrected chi connectivity index (χ2v) is 5.55. The number of carbonyl (C=O) groups excluding carboxylic acids is 1. The van der Waals surface area contributed by atoms with Gasteiger partial charge in [0, 0.05) is 0 Å². The molecule has 0 saturated carbocycles. The number of carboxylic acid groups (broad SMARTS) is 1. The Morgan fingerprint density at radius 2 is 1.45 bits per heavy atom. The van der Waals surface area contributed by atoms with E-state index in [1.807, 2.05) is 0 Å². The summed E-state index contributed by atoms with van der Waals surface area (Å²) in [7, 11) is 0. The number of nitrogens with two attached hydrogens (primary N) is 1. The molecule has 0 fully saturated rings. The van der Waals surface area contributed by atoms with Crippen LogP contribution in [-0.2, 0) is 14.3 Å². The van der Waals surface area contributed by atoms with E-state index in [0.29, 0.717) is 6.61 Å². The molecule has 0 radical (unpaired) electrons. The Morgan fingerprint density at radius 1 is 1.00 bits per heavy atom. The Morgan fingerprint density at radius 3 is 1.91 bits per heavy atom. The molecule has 0 aromatic rings. The molecular weight excluding hydrogens is 293 g/mol. The minimum atomic E-state index is -1.08. The zero-order valence-corrected chi connectivity index (χ0v) is 16.3. The summed E-state index contributed by atoms with van der Waals surface area (Å²) in [5.41, 5.74) is 5.39. The molecule has 0 spiro atoms. The Labute approximate surface area is 158 Å². The first-order valence-electron chi connectivity index (χ1n) is 8.22. The van der Waals surface area contributed by atoms with Crippen molar-refractivity contribution in [2.24, 2.45) is 5.73 Å². The number of unbranched alkanes of at least 4 members (excludes halogenated alkanes) is 9. The normalized spacial score (nSPS) is 11.5. The molecule has 0 aliphatic carbocycles. The molecule has 0 aliphatic rings. The number of aliphatic carboxylic acids is 1. The van der Waals surface area contributed by atoms with Gasteiger partial charge < -0.3 is 17.0 Å². The monoisotopic (exact) mass is 325 g/mol. The summed E-state index contributed by atoms with van der Waals surface area (Å²) in [6.07, 6.45) is 11.8. The van der Waals surface area contributed by atoms with E-state index in [0.717, 1.165) is 19.3 Å². The summed E-state index contributed by atoms with van der Waals surface area (Å²) in [5.74, 6) is -1.70. The van der Waals surface area contributed by atoms with Crippen LogP contribution in [0.1, 0.15) is 79.0 Å². The largest absolute Gasteiger partial charge is 1.00 e.